The van der Waals surface area contributed by atoms with Gasteiger partial charge in [0.25, 0.3) is 0 Å². The van der Waals surface area contributed by atoms with Crippen molar-refractivity contribution in [3.05, 3.63) is 23.7 Å². The molecule has 2 unspecified atom stereocenters. The number of thiol groups is 1. The zero-order valence-electron chi connectivity index (χ0n) is 13.2. The molecule has 0 aliphatic heterocycles. The first-order valence-corrected chi connectivity index (χ1v) is 7.35. The highest BCUT2D eigenvalue weighted by Crippen LogP contribution is 2.32. The minimum absolute atomic E-state index is 0.260. The Morgan fingerprint density at radius 1 is 1.40 bits per heavy atom. The summed E-state index contributed by atoms with van der Waals surface area (Å²) in [5.74, 6) is 0. The molecule has 0 spiro atoms. The highest BCUT2D eigenvalue weighted by molar-refractivity contribution is 7.81. The Kier molecular flexibility index (Phi) is 5.56. The summed E-state index contributed by atoms with van der Waals surface area (Å²) in [5.41, 5.74) is -0.0115. The van der Waals surface area contributed by atoms with Crippen LogP contribution in [0.1, 0.15) is 48.0 Å². The summed E-state index contributed by atoms with van der Waals surface area (Å²) < 4.78 is 23.8. The molecule has 20 heavy (non-hydrogen) atoms. The SMILES string of the molecule is CC(F)OC1(C)C=CC([B]OC(C)(C)C(C)(C)S)=CC1. The fourth-order valence-corrected chi connectivity index (χ4v) is 1.69. The van der Waals surface area contributed by atoms with Gasteiger partial charge in [-0.25, -0.2) is 4.39 Å². The number of halogens is 1. The third-order valence-corrected chi connectivity index (χ3v) is 4.30. The molecule has 5 heteroatoms. The van der Waals surface area contributed by atoms with E-state index in [1.165, 1.54) is 6.92 Å². The Balaban J connectivity index is 2.56. The maximum Gasteiger partial charge on any atom is 0.330 e. The van der Waals surface area contributed by atoms with Gasteiger partial charge >= 0.3 is 7.48 Å². The summed E-state index contributed by atoms with van der Waals surface area (Å²) in [6.07, 6.45) is 5.11. The Hall–Kier alpha value is -0.255. The molecular formula is C15H25BFO2S. The Labute approximate surface area is 128 Å². The molecule has 1 radical (unpaired) electrons. The largest absolute Gasteiger partial charge is 0.428 e. The van der Waals surface area contributed by atoms with Gasteiger partial charge in [0.1, 0.15) is 0 Å². The van der Waals surface area contributed by atoms with E-state index in [1.54, 1.807) is 7.48 Å². The molecule has 1 aliphatic carbocycles. The normalized spacial score (nSPS) is 25.3. The van der Waals surface area contributed by atoms with Crippen LogP contribution in [-0.2, 0) is 9.39 Å². The Morgan fingerprint density at radius 2 is 2.00 bits per heavy atom. The van der Waals surface area contributed by atoms with Gasteiger partial charge in [-0.3, -0.25) is 0 Å². The molecule has 0 fully saturated rings. The summed E-state index contributed by atoms with van der Waals surface area (Å²) in [7, 11) is 1.73. The summed E-state index contributed by atoms with van der Waals surface area (Å²) >= 11 is 4.55. The number of allylic oxidation sites excluding steroid dienone is 2. The van der Waals surface area contributed by atoms with Gasteiger partial charge in [0, 0.05) is 4.75 Å². The highest BCUT2D eigenvalue weighted by Gasteiger charge is 2.35. The fraction of sp³-hybridized carbons (Fsp3) is 0.733. The lowest BCUT2D eigenvalue weighted by Gasteiger charge is -2.38. The van der Waals surface area contributed by atoms with Crippen LogP contribution in [0.3, 0.4) is 0 Å². The molecular weight excluding hydrogens is 274 g/mol. The molecule has 0 amide bonds. The molecule has 113 valence electrons. The Bertz CT molecular complexity index is 399. The van der Waals surface area contributed by atoms with Crippen molar-refractivity contribution in [3.63, 3.8) is 0 Å². The molecule has 1 rings (SSSR count). The van der Waals surface area contributed by atoms with E-state index in [4.69, 9.17) is 9.39 Å². The van der Waals surface area contributed by atoms with Crippen LogP contribution in [-0.4, -0.2) is 29.8 Å². The maximum atomic E-state index is 12.9. The van der Waals surface area contributed by atoms with Crippen LogP contribution in [0.2, 0.25) is 0 Å². The second kappa shape index (κ2) is 6.24. The predicted octanol–water partition coefficient (Wildman–Crippen LogP) is 4.04. The number of hydrogen-bond donors (Lipinski definition) is 1. The van der Waals surface area contributed by atoms with E-state index < -0.39 is 17.6 Å². The highest BCUT2D eigenvalue weighted by atomic mass is 32.1. The van der Waals surface area contributed by atoms with Gasteiger partial charge in [0.15, 0.2) is 6.36 Å². The number of rotatable bonds is 6. The average molecular weight is 299 g/mol. The maximum absolute atomic E-state index is 12.9. The summed E-state index contributed by atoms with van der Waals surface area (Å²) in [6, 6.07) is 0. The van der Waals surface area contributed by atoms with Gasteiger partial charge in [-0.05, 0) is 48.0 Å². The van der Waals surface area contributed by atoms with Gasteiger partial charge in [-0.15, -0.1) is 0 Å². The van der Waals surface area contributed by atoms with Crippen LogP contribution in [0.4, 0.5) is 4.39 Å². The van der Waals surface area contributed by atoms with Gasteiger partial charge in [-0.2, -0.15) is 12.6 Å². The average Bonchev–Trinajstić information content (AvgIpc) is 2.25. The first kappa shape index (κ1) is 17.8. The summed E-state index contributed by atoms with van der Waals surface area (Å²) in [6.45, 7) is 11.3. The summed E-state index contributed by atoms with van der Waals surface area (Å²) in [5, 5.41) is 0. The van der Waals surface area contributed by atoms with Crippen molar-refractivity contribution in [2.75, 3.05) is 0 Å². The monoisotopic (exact) mass is 299 g/mol. The first-order valence-electron chi connectivity index (χ1n) is 6.90. The van der Waals surface area contributed by atoms with E-state index in [9.17, 15) is 4.39 Å². The number of ether oxygens (including phenoxy) is 1. The van der Waals surface area contributed by atoms with Crippen LogP contribution in [0.15, 0.2) is 23.7 Å². The zero-order valence-corrected chi connectivity index (χ0v) is 14.1. The first-order chi connectivity index (χ1) is 8.95. The number of hydrogen-bond acceptors (Lipinski definition) is 3. The lowest BCUT2D eigenvalue weighted by molar-refractivity contribution is -0.105. The van der Waals surface area contributed by atoms with E-state index in [0.717, 1.165) is 5.47 Å². The molecule has 0 aromatic heterocycles. The predicted molar refractivity (Wildman–Crippen MR) is 85.9 cm³/mol. The van der Waals surface area contributed by atoms with E-state index in [1.807, 2.05) is 52.8 Å². The fourth-order valence-electron chi connectivity index (χ4n) is 1.63. The minimum Gasteiger partial charge on any atom is -0.428 e. The van der Waals surface area contributed by atoms with Crippen molar-refractivity contribution < 1.29 is 13.8 Å². The molecule has 0 aromatic rings. The van der Waals surface area contributed by atoms with Crippen molar-refractivity contribution >= 4 is 20.1 Å². The molecule has 0 saturated heterocycles. The van der Waals surface area contributed by atoms with Crippen molar-refractivity contribution in [1.29, 1.82) is 0 Å². The van der Waals surface area contributed by atoms with Gasteiger partial charge in [0.05, 0.1) is 11.2 Å². The number of alkyl halides is 1. The van der Waals surface area contributed by atoms with Crippen molar-refractivity contribution in [2.45, 2.75) is 70.3 Å². The summed E-state index contributed by atoms with van der Waals surface area (Å²) in [4.78, 5) is 0. The topological polar surface area (TPSA) is 18.5 Å². The van der Waals surface area contributed by atoms with Crippen LogP contribution in [0, 0.1) is 0 Å². The molecule has 0 aromatic carbocycles. The lowest BCUT2D eigenvalue weighted by atomic mass is 9.78. The minimum atomic E-state index is -1.27. The standard InChI is InChI=1S/C15H25BFO2S/c1-11(17)18-15(6)9-7-12(8-10-15)16-19-13(2,3)14(4,5)20/h7-9,11,20H,10H2,1-6H3. The van der Waals surface area contributed by atoms with E-state index in [0.29, 0.717) is 6.42 Å². The van der Waals surface area contributed by atoms with Crippen molar-refractivity contribution in [2.24, 2.45) is 0 Å². The molecule has 0 N–H and O–H groups in total. The van der Waals surface area contributed by atoms with E-state index in [-0.39, 0.29) is 4.75 Å². The van der Waals surface area contributed by atoms with Crippen molar-refractivity contribution in [3.8, 4) is 0 Å². The van der Waals surface area contributed by atoms with Gasteiger partial charge < -0.3 is 9.39 Å². The van der Waals surface area contributed by atoms with E-state index in [2.05, 4.69) is 12.6 Å². The lowest BCUT2D eigenvalue weighted by Crippen LogP contribution is -2.44. The van der Waals surface area contributed by atoms with Crippen LogP contribution in [0.25, 0.3) is 0 Å². The smallest absolute Gasteiger partial charge is 0.330 e. The molecule has 0 bridgehead atoms. The van der Waals surface area contributed by atoms with Gasteiger partial charge in [-0.1, -0.05) is 23.7 Å². The molecule has 2 nitrogen and oxygen atoms in total. The van der Waals surface area contributed by atoms with Gasteiger partial charge in [0.2, 0.25) is 0 Å². The van der Waals surface area contributed by atoms with Crippen LogP contribution >= 0.6 is 12.6 Å². The quantitative estimate of drug-likeness (QED) is 0.589. The van der Waals surface area contributed by atoms with E-state index >= 15 is 0 Å². The van der Waals surface area contributed by atoms with Crippen LogP contribution in [0.5, 0.6) is 0 Å². The third kappa shape index (κ3) is 4.94. The van der Waals surface area contributed by atoms with Crippen molar-refractivity contribution in [1.82, 2.24) is 0 Å². The van der Waals surface area contributed by atoms with Crippen LogP contribution < -0.4 is 0 Å². The zero-order chi connectivity index (χ0) is 15.6. The second-order valence-corrected chi connectivity index (χ2v) is 7.64. The second-order valence-electron chi connectivity index (χ2n) is 6.52. The molecule has 0 heterocycles. The molecule has 0 saturated carbocycles. The molecule has 1 aliphatic rings. The molecule has 2 atom stereocenters. The third-order valence-electron chi connectivity index (χ3n) is 3.77. The Morgan fingerprint density at radius 3 is 2.40 bits per heavy atom.